The number of aromatic nitrogens is 6. The fourth-order valence-corrected chi connectivity index (χ4v) is 13.9. The maximum atomic E-state index is 5.47. The first-order valence-electron chi connectivity index (χ1n) is 30.0. The molecule has 88 heavy (non-hydrogen) atoms. The van der Waals surface area contributed by atoms with Crippen molar-refractivity contribution in [2.75, 3.05) is 0 Å². The molecule has 0 N–H and O–H groups in total. The van der Waals surface area contributed by atoms with Crippen LogP contribution in [0.15, 0.2) is 315 Å². The molecule has 5 aromatic heterocycles. The van der Waals surface area contributed by atoms with Crippen LogP contribution in [0.4, 0.5) is 0 Å². The fourth-order valence-electron chi connectivity index (χ4n) is 13.9. The molecule has 0 unspecified atom stereocenters. The van der Waals surface area contributed by atoms with Crippen LogP contribution in [0.25, 0.3) is 166 Å². The third kappa shape index (κ3) is 7.89. The molecule has 0 saturated carbocycles. The van der Waals surface area contributed by atoms with Crippen LogP contribution in [0.3, 0.4) is 0 Å². The van der Waals surface area contributed by atoms with Crippen molar-refractivity contribution in [1.82, 2.24) is 28.2 Å². The molecule has 0 fully saturated rings. The molecule has 0 spiro atoms. The molecule has 0 saturated heterocycles. The number of nitrogens with zero attached hydrogens (tertiary/aromatic N) is 6. The molecular formula is C82H52N6. The van der Waals surface area contributed by atoms with E-state index in [1.54, 1.807) is 0 Å². The van der Waals surface area contributed by atoms with Gasteiger partial charge in [0.05, 0.1) is 55.5 Å². The summed E-state index contributed by atoms with van der Waals surface area (Å²) >= 11 is 0. The van der Waals surface area contributed by atoms with Crippen LogP contribution in [0.5, 0.6) is 0 Å². The number of benzene rings is 13. The van der Waals surface area contributed by atoms with Gasteiger partial charge in [0.2, 0.25) is 0 Å². The Morgan fingerprint density at radius 2 is 0.455 bits per heavy atom. The van der Waals surface area contributed by atoms with Crippen LogP contribution < -0.4 is 0 Å². The summed E-state index contributed by atoms with van der Waals surface area (Å²) in [5.74, 6) is 0.670. The minimum atomic E-state index is 0.670. The van der Waals surface area contributed by atoms with Gasteiger partial charge in [0.15, 0.2) is 5.82 Å². The lowest BCUT2D eigenvalue weighted by atomic mass is 10.0. The SMILES string of the molecule is c1ccc(-c2cc(-c3cc(-n4c5ccccc5c5cc(-c6ccc7c(c6)c6ccccc6n7-c6ccccc6)ccc54)cc(-n4c5ccccc5c5cc(-c6ccc7c(c6)c6ccccc6n7-c6ccccc6)ccc54)c3)nc(-c3ccccc3)n2)cc1. The smallest absolute Gasteiger partial charge is 0.160 e. The van der Waals surface area contributed by atoms with E-state index < -0.39 is 0 Å². The van der Waals surface area contributed by atoms with Gasteiger partial charge < -0.3 is 18.3 Å². The van der Waals surface area contributed by atoms with Gasteiger partial charge in [-0.15, -0.1) is 0 Å². The van der Waals surface area contributed by atoms with Gasteiger partial charge in [-0.3, -0.25) is 0 Å². The Morgan fingerprint density at radius 3 is 0.818 bits per heavy atom. The van der Waals surface area contributed by atoms with E-state index in [0.29, 0.717) is 5.82 Å². The summed E-state index contributed by atoms with van der Waals surface area (Å²) in [5.41, 5.74) is 22.9. The monoisotopic (exact) mass is 1120 g/mol. The van der Waals surface area contributed by atoms with E-state index in [9.17, 15) is 0 Å². The molecule has 13 aromatic carbocycles. The standard InChI is InChI=1S/C82H52N6/c1-5-21-53(22-6-1)72-52-73(84-82(83-72)54-23-7-2-8-24-54)59-45-62(87-76-35-19-15-31-66(76)70-49-57(39-43-80(70)87)55-37-41-78-68(47-55)64-29-13-17-33-74(64)85(78)60-25-9-3-10-26-60)51-63(46-59)88-77-36-20-16-32-67(77)71-50-58(40-44-81(71)88)56-38-42-79-69(48-56)65-30-14-18-34-75(65)86(79)61-27-11-4-12-28-61/h1-52H. The number of para-hydroxylation sites is 6. The van der Waals surface area contributed by atoms with Crippen molar-refractivity contribution < 1.29 is 0 Å². The van der Waals surface area contributed by atoms with Crippen molar-refractivity contribution in [3.8, 4) is 78.9 Å². The Kier molecular flexibility index (Phi) is 11.2. The summed E-state index contributed by atoms with van der Waals surface area (Å²) < 4.78 is 9.66. The zero-order valence-corrected chi connectivity index (χ0v) is 47.7. The van der Waals surface area contributed by atoms with Gasteiger partial charge in [-0.05, 0) is 144 Å². The number of hydrogen-bond acceptors (Lipinski definition) is 2. The molecule has 0 aliphatic heterocycles. The quantitative estimate of drug-likeness (QED) is 0.145. The fraction of sp³-hybridized carbons (Fsp3) is 0. The van der Waals surface area contributed by atoms with E-state index in [1.807, 2.05) is 6.07 Å². The van der Waals surface area contributed by atoms with Crippen LogP contribution >= 0.6 is 0 Å². The highest BCUT2D eigenvalue weighted by Gasteiger charge is 2.22. The van der Waals surface area contributed by atoms with Gasteiger partial charge >= 0.3 is 0 Å². The van der Waals surface area contributed by atoms with Gasteiger partial charge in [0, 0.05) is 82.5 Å². The highest BCUT2D eigenvalue weighted by atomic mass is 15.0. The minimum Gasteiger partial charge on any atom is -0.309 e. The topological polar surface area (TPSA) is 45.5 Å². The molecule has 410 valence electrons. The van der Waals surface area contributed by atoms with E-state index in [2.05, 4.69) is 328 Å². The predicted octanol–water partition coefficient (Wildman–Crippen LogP) is 21.2. The molecular weight excluding hydrogens is 1070 g/mol. The minimum absolute atomic E-state index is 0.670. The molecule has 18 rings (SSSR count). The highest BCUT2D eigenvalue weighted by molar-refractivity contribution is 6.15. The summed E-state index contributed by atoms with van der Waals surface area (Å²) in [6.45, 7) is 0. The number of hydrogen-bond donors (Lipinski definition) is 0. The Labute approximate surface area is 507 Å². The van der Waals surface area contributed by atoms with Crippen molar-refractivity contribution in [3.63, 3.8) is 0 Å². The van der Waals surface area contributed by atoms with Crippen LogP contribution in [0.1, 0.15) is 0 Å². The Bertz CT molecular complexity index is 5440. The van der Waals surface area contributed by atoms with Crippen molar-refractivity contribution >= 4 is 87.2 Å². The summed E-state index contributed by atoms with van der Waals surface area (Å²) in [6.07, 6.45) is 0. The van der Waals surface area contributed by atoms with E-state index in [1.165, 1.54) is 76.3 Å². The second-order valence-corrected chi connectivity index (χ2v) is 22.9. The molecule has 0 bridgehead atoms. The Hall–Kier alpha value is -11.9. The van der Waals surface area contributed by atoms with Gasteiger partial charge in [0.1, 0.15) is 0 Å². The molecule has 0 radical (unpaired) electrons. The van der Waals surface area contributed by atoms with E-state index in [4.69, 9.17) is 9.97 Å². The van der Waals surface area contributed by atoms with Gasteiger partial charge in [-0.2, -0.15) is 0 Å². The number of fused-ring (bicyclic) bond motifs is 12. The van der Waals surface area contributed by atoms with Crippen LogP contribution in [-0.4, -0.2) is 28.2 Å². The zero-order valence-electron chi connectivity index (χ0n) is 47.7. The summed E-state index contributed by atoms with van der Waals surface area (Å²) in [6, 6.07) is 114. The van der Waals surface area contributed by atoms with Crippen LogP contribution in [0, 0.1) is 0 Å². The van der Waals surface area contributed by atoms with E-state index >= 15 is 0 Å². The summed E-state index contributed by atoms with van der Waals surface area (Å²) in [5, 5.41) is 9.64. The molecule has 18 aromatic rings. The van der Waals surface area contributed by atoms with Crippen molar-refractivity contribution in [2.24, 2.45) is 0 Å². The predicted molar refractivity (Wildman–Crippen MR) is 367 cm³/mol. The maximum absolute atomic E-state index is 5.47. The number of rotatable bonds is 9. The molecule has 0 aliphatic rings. The van der Waals surface area contributed by atoms with Gasteiger partial charge in [-0.1, -0.05) is 194 Å². The normalized spacial score (nSPS) is 11.9. The summed E-state index contributed by atoms with van der Waals surface area (Å²) in [7, 11) is 0. The molecule has 5 heterocycles. The molecule has 6 heteroatoms. The van der Waals surface area contributed by atoms with Gasteiger partial charge in [0.25, 0.3) is 0 Å². The molecule has 0 amide bonds. The first-order valence-corrected chi connectivity index (χ1v) is 30.0. The largest absolute Gasteiger partial charge is 0.309 e. The van der Waals surface area contributed by atoms with Crippen molar-refractivity contribution in [2.45, 2.75) is 0 Å². The lowest BCUT2D eigenvalue weighted by Crippen LogP contribution is -2.01. The maximum Gasteiger partial charge on any atom is 0.160 e. The third-order valence-corrected chi connectivity index (χ3v) is 17.9. The highest BCUT2D eigenvalue weighted by Crippen LogP contribution is 2.43. The second-order valence-electron chi connectivity index (χ2n) is 22.9. The van der Waals surface area contributed by atoms with E-state index in [0.717, 1.165) is 84.0 Å². The first-order chi connectivity index (χ1) is 43.6. The second kappa shape index (κ2) is 19.9. The average molecular weight is 1120 g/mol. The van der Waals surface area contributed by atoms with Crippen molar-refractivity contribution in [1.29, 1.82) is 0 Å². The molecule has 0 atom stereocenters. The van der Waals surface area contributed by atoms with Crippen LogP contribution in [-0.2, 0) is 0 Å². The third-order valence-electron chi connectivity index (χ3n) is 17.9. The summed E-state index contributed by atoms with van der Waals surface area (Å²) in [4.78, 5) is 10.7. The first kappa shape index (κ1) is 49.6. The van der Waals surface area contributed by atoms with Crippen molar-refractivity contribution in [3.05, 3.63) is 315 Å². The Balaban J connectivity index is 0.842. The lowest BCUT2D eigenvalue weighted by molar-refractivity contribution is 1.13. The van der Waals surface area contributed by atoms with E-state index in [-0.39, 0.29) is 0 Å². The average Bonchev–Trinajstić information content (AvgIpc) is 2.09. The lowest BCUT2D eigenvalue weighted by Gasteiger charge is -2.16. The molecule has 0 aliphatic carbocycles. The van der Waals surface area contributed by atoms with Gasteiger partial charge in [-0.25, -0.2) is 9.97 Å². The van der Waals surface area contributed by atoms with Crippen LogP contribution in [0.2, 0.25) is 0 Å². The zero-order chi connectivity index (χ0) is 57.8. The molecule has 6 nitrogen and oxygen atoms in total. The Morgan fingerprint density at radius 1 is 0.170 bits per heavy atom.